The lowest BCUT2D eigenvalue weighted by molar-refractivity contribution is 0.103. The molecule has 0 aromatic heterocycles. The molecule has 2 aromatic rings. The van der Waals surface area contributed by atoms with Crippen molar-refractivity contribution in [2.24, 2.45) is 0 Å². The molecule has 0 amide bonds. The van der Waals surface area contributed by atoms with Crippen LogP contribution in [0.5, 0.6) is 5.75 Å². The van der Waals surface area contributed by atoms with Crippen LogP contribution in [0.2, 0.25) is 0 Å². The minimum absolute atomic E-state index is 0.0718. The summed E-state index contributed by atoms with van der Waals surface area (Å²) in [5.74, 6) is -0.0344. The van der Waals surface area contributed by atoms with E-state index in [9.17, 15) is 9.18 Å². The van der Waals surface area contributed by atoms with Crippen LogP contribution >= 0.6 is 15.9 Å². The van der Waals surface area contributed by atoms with E-state index in [4.69, 9.17) is 4.74 Å². The molecule has 1 aliphatic rings. The zero-order valence-electron chi connectivity index (χ0n) is 11.7. The van der Waals surface area contributed by atoms with Crippen LogP contribution in [0.3, 0.4) is 0 Å². The molecule has 4 heteroatoms. The summed E-state index contributed by atoms with van der Waals surface area (Å²) in [6.45, 7) is 4.00. The summed E-state index contributed by atoms with van der Waals surface area (Å²) in [6, 6.07) is 9.64. The van der Waals surface area contributed by atoms with Gasteiger partial charge in [-0.2, -0.15) is 0 Å². The van der Waals surface area contributed by atoms with E-state index in [1.165, 1.54) is 12.1 Å². The van der Waals surface area contributed by atoms with Crippen molar-refractivity contribution in [3.63, 3.8) is 0 Å². The van der Waals surface area contributed by atoms with Gasteiger partial charge in [-0.1, -0.05) is 15.9 Å². The number of ketones is 1. The summed E-state index contributed by atoms with van der Waals surface area (Å²) in [5.41, 5.74) is 1.28. The first-order valence-electron chi connectivity index (χ1n) is 6.67. The molecule has 0 atom stereocenters. The van der Waals surface area contributed by atoms with Gasteiger partial charge in [-0.05, 0) is 55.8 Å². The first-order valence-corrected chi connectivity index (χ1v) is 7.47. The summed E-state index contributed by atoms with van der Waals surface area (Å²) in [6.07, 6.45) is 0.740. The summed E-state index contributed by atoms with van der Waals surface area (Å²) in [5, 5.41) is 0. The van der Waals surface area contributed by atoms with Gasteiger partial charge in [0.2, 0.25) is 0 Å². The number of hydrogen-bond donors (Lipinski definition) is 0. The summed E-state index contributed by atoms with van der Waals surface area (Å²) in [7, 11) is 0. The summed E-state index contributed by atoms with van der Waals surface area (Å²) in [4.78, 5) is 12.5. The highest BCUT2D eigenvalue weighted by Gasteiger charge is 2.30. The highest BCUT2D eigenvalue weighted by atomic mass is 79.9. The van der Waals surface area contributed by atoms with E-state index in [1.807, 2.05) is 13.8 Å². The molecule has 0 N–H and O–H groups in total. The first-order chi connectivity index (χ1) is 9.85. The third kappa shape index (κ3) is 2.72. The van der Waals surface area contributed by atoms with E-state index < -0.39 is 5.82 Å². The maximum absolute atomic E-state index is 13.8. The minimum Gasteiger partial charge on any atom is -0.487 e. The van der Waals surface area contributed by atoms with Crippen molar-refractivity contribution in [3.8, 4) is 5.75 Å². The van der Waals surface area contributed by atoms with Gasteiger partial charge in [0.1, 0.15) is 17.2 Å². The molecular formula is C17H14BrFO2. The maximum Gasteiger partial charge on any atom is 0.196 e. The van der Waals surface area contributed by atoms with Gasteiger partial charge >= 0.3 is 0 Å². The van der Waals surface area contributed by atoms with Crippen molar-refractivity contribution in [1.29, 1.82) is 0 Å². The van der Waals surface area contributed by atoms with Gasteiger partial charge in [-0.3, -0.25) is 4.79 Å². The minimum atomic E-state index is -0.514. The second-order valence-corrected chi connectivity index (χ2v) is 6.73. The molecule has 108 valence electrons. The molecule has 2 nitrogen and oxygen atoms in total. The van der Waals surface area contributed by atoms with Crippen molar-refractivity contribution >= 4 is 21.7 Å². The standard InChI is InChI=1S/C17H14BrFO2/c1-17(2)9-11-7-10(3-6-15(11)21-17)16(20)13-8-12(18)4-5-14(13)19/h3-8H,9H2,1-2H3. The monoisotopic (exact) mass is 348 g/mol. The number of fused-ring (bicyclic) bond motifs is 1. The highest BCUT2D eigenvalue weighted by Crippen LogP contribution is 2.35. The third-order valence-corrected chi connectivity index (χ3v) is 3.99. The topological polar surface area (TPSA) is 26.3 Å². The van der Waals surface area contributed by atoms with Crippen molar-refractivity contribution in [1.82, 2.24) is 0 Å². The Bertz CT molecular complexity index is 738. The molecule has 1 heterocycles. The van der Waals surface area contributed by atoms with Crippen LogP contribution in [0.25, 0.3) is 0 Å². The molecule has 0 unspecified atom stereocenters. The van der Waals surface area contributed by atoms with Crippen LogP contribution in [-0.4, -0.2) is 11.4 Å². The molecule has 0 saturated carbocycles. The molecular weight excluding hydrogens is 335 g/mol. The van der Waals surface area contributed by atoms with E-state index in [-0.39, 0.29) is 16.9 Å². The fourth-order valence-corrected chi connectivity index (χ4v) is 2.94. The van der Waals surface area contributed by atoms with Crippen LogP contribution in [0, 0.1) is 5.82 Å². The molecule has 1 aliphatic heterocycles. The molecule has 0 aliphatic carbocycles. The van der Waals surface area contributed by atoms with Gasteiger partial charge in [0.15, 0.2) is 5.78 Å². The molecule has 0 bridgehead atoms. The predicted octanol–water partition coefficient (Wildman–Crippen LogP) is 4.53. The highest BCUT2D eigenvalue weighted by molar-refractivity contribution is 9.10. The Morgan fingerprint density at radius 3 is 2.76 bits per heavy atom. The van der Waals surface area contributed by atoms with E-state index in [0.717, 1.165) is 17.7 Å². The molecule has 0 radical (unpaired) electrons. The van der Waals surface area contributed by atoms with Crippen LogP contribution < -0.4 is 4.74 Å². The van der Waals surface area contributed by atoms with Crippen molar-refractivity contribution in [3.05, 3.63) is 63.4 Å². The Morgan fingerprint density at radius 1 is 1.24 bits per heavy atom. The molecule has 0 saturated heterocycles. The third-order valence-electron chi connectivity index (χ3n) is 3.50. The van der Waals surface area contributed by atoms with Crippen molar-refractivity contribution < 1.29 is 13.9 Å². The van der Waals surface area contributed by atoms with Gasteiger partial charge in [-0.15, -0.1) is 0 Å². The fourth-order valence-electron chi connectivity index (χ4n) is 2.58. The summed E-state index contributed by atoms with van der Waals surface area (Å²) >= 11 is 3.26. The van der Waals surface area contributed by atoms with Gasteiger partial charge in [-0.25, -0.2) is 4.39 Å². The SMILES string of the molecule is CC1(C)Cc2cc(C(=O)c3cc(Br)ccc3F)ccc2O1. The van der Waals surface area contributed by atoms with Crippen LogP contribution in [0.4, 0.5) is 4.39 Å². The number of ether oxygens (including phenoxy) is 1. The van der Waals surface area contributed by atoms with E-state index in [2.05, 4.69) is 15.9 Å². The van der Waals surface area contributed by atoms with Gasteiger partial charge < -0.3 is 4.74 Å². The number of carbonyl (C=O) groups excluding carboxylic acids is 1. The lowest BCUT2D eigenvalue weighted by Crippen LogP contribution is -2.24. The fraction of sp³-hybridized carbons (Fsp3) is 0.235. The smallest absolute Gasteiger partial charge is 0.196 e. The quantitative estimate of drug-likeness (QED) is 0.745. The Hall–Kier alpha value is -1.68. The second kappa shape index (κ2) is 4.95. The number of benzene rings is 2. The molecule has 3 rings (SSSR count). The Labute approximate surface area is 131 Å². The summed E-state index contributed by atoms with van der Waals surface area (Å²) < 4.78 is 20.3. The molecule has 0 fully saturated rings. The lowest BCUT2D eigenvalue weighted by atomic mass is 9.97. The average molecular weight is 349 g/mol. The van der Waals surface area contributed by atoms with Gasteiger partial charge in [0.25, 0.3) is 0 Å². The second-order valence-electron chi connectivity index (χ2n) is 5.81. The zero-order chi connectivity index (χ0) is 15.2. The van der Waals surface area contributed by atoms with Crippen LogP contribution in [0.1, 0.15) is 35.3 Å². The predicted molar refractivity (Wildman–Crippen MR) is 82.4 cm³/mol. The number of rotatable bonds is 2. The Morgan fingerprint density at radius 2 is 2.00 bits per heavy atom. The zero-order valence-corrected chi connectivity index (χ0v) is 13.3. The molecule has 21 heavy (non-hydrogen) atoms. The Kier molecular flexibility index (Phi) is 3.36. The maximum atomic E-state index is 13.8. The number of carbonyl (C=O) groups is 1. The molecule has 0 spiro atoms. The number of halogens is 2. The van der Waals surface area contributed by atoms with E-state index >= 15 is 0 Å². The van der Waals surface area contributed by atoms with Crippen LogP contribution in [-0.2, 0) is 6.42 Å². The van der Waals surface area contributed by atoms with Crippen molar-refractivity contribution in [2.45, 2.75) is 25.9 Å². The average Bonchev–Trinajstić information content (AvgIpc) is 2.73. The normalized spacial score (nSPS) is 15.4. The van der Waals surface area contributed by atoms with Crippen molar-refractivity contribution in [2.75, 3.05) is 0 Å². The van der Waals surface area contributed by atoms with E-state index in [0.29, 0.717) is 10.0 Å². The Balaban J connectivity index is 1.99. The number of hydrogen-bond acceptors (Lipinski definition) is 2. The largest absolute Gasteiger partial charge is 0.487 e. The lowest BCUT2D eigenvalue weighted by Gasteiger charge is -2.16. The van der Waals surface area contributed by atoms with E-state index in [1.54, 1.807) is 24.3 Å². The van der Waals surface area contributed by atoms with Gasteiger partial charge in [0, 0.05) is 16.5 Å². The first kappa shape index (κ1) is 14.3. The molecule has 2 aromatic carbocycles. The van der Waals surface area contributed by atoms with Crippen LogP contribution in [0.15, 0.2) is 40.9 Å². The van der Waals surface area contributed by atoms with Gasteiger partial charge in [0.05, 0.1) is 5.56 Å².